The van der Waals surface area contributed by atoms with Crippen molar-refractivity contribution in [2.45, 2.75) is 51.4 Å². The van der Waals surface area contributed by atoms with Crippen LogP contribution in [-0.4, -0.2) is 50.3 Å². The first-order valence-electron chi connectivity index (χ1n) is 13.4. The molecule has 3 aromatic heterocycles. The summed E-state index contributed by atoms with van der Waals surface area (Å²) in [5, 5.41) is 3.58. The predicted octanol–water partition coefficient (Wildman–Crippen LogP) is 4.69. The van der Waals surface area contributed by atoms with Gasteiger partial charge < -0.3 is 10.2 Å². The molecule has 4 heterocycles. The number of amides is 1. The number of hydrogen-bond donors (Lipinski definition) is 1. The SMILES string of the molecule is Cc1ncc(Cl)cc1C(=O)N[C@H]1CC[C@H](Cn2c(=O)n(-c3ccc(N4CC(F)C4)nc3)c3ccccc32)CC1. The fourth-order valence-corrected chi connectivity index (χ4v) is 5.85. The number of alkyl halides is 1. The molecule has 2 fully saturated rings. The van der Waals surface area contributed by atoms with E-state index in [1.165, 1.54) is 0 Å². The number of nitrogens with one attached hydrogen (secondary N) is 1. The van der Waals surface area contributed by atoms with Crippen LogP contribution < -0.4 is 15.9 Å². The number of para-hydroxylation sites is 2. The first-order valence-corrected chi connectivity index (χ1v) is 13.7. The van der Waals surface area contributed by atoms with Crippen LogP contribution in [0.5, 0.6) is 0 Å². The Hall–Kier alpha value is -3.72. The van der Waals surface area contributed by atoms with Crippen LogP contribution in [0.15, 0.2) is 59.7 Å². The third-order valence-electron chi connectivity index (χ3n) is 7.91. The van der Waals surface area contributed by atoms with Crippen molar-refractivity contribution < 1.29 is 9.18 Å². The number of aromatic nitrogens is 4. The van der Waals surface area contributed by atoms with Crippen molar-refractivity contribution in [3.05, 3.63) is 81.6 Å². The van der Waals surface area contributed by atoms with Crippen molar-refractivity contribution in [2.75, 3.05) is 18.0 Å². The maximum atomic E-state index is 13.7. The van der Waals surface area contributed by atoms with Crippen LogP contribution in [0.25, 0.3) is 16.7 Å². The summed E-state index contributed by atoms with van der Waals surface area (Å²) in [7, 11) is 0. The van der Waals surface area contributed by atoms with E-state index < -0.39 is 6.17 Å². The van der Waals surface area contributed by atoms with Gasteiger partial charge in [-0.25, -0.2) is 14.2 Å². The average molecular weight is 549 g/mol. The second-order valence-electron chi connectivity index (χ2n) is 10.6. The maximum absolute atomic E-state index is 13.7. The number of hydrogen-bond acceptors (Lipinski definition) is 5. The van der Waals surface area contributed by atoms with Crippen LogP contribution in [0, 0.1) is 12.8 Å². The largest absolute Gasteiger partial charge is 0.351 e. The topological polar surface area (TPSA) is 85.0 Å². The van der Waals surface area contributed by atoms with Gasteiger partial charge in [-0.2, -0.15) is 0 Å². The van der Waals surface area contributed by atoms with E-state index >= 15 is 0 Å². The summed E-state index contributed by atoms with van der Waals surface area (Å²) in [6.45, 7) is 3.12. The number of anilines is 1. The lowest BCUT2D eigenvalue weighted by Gasteiger charge is -2.35. The molecule has 0 spiro atoms. The second kappa shape index (κ2) is 10.4. The summed E-state index contributed by atoms with van der Waals surface area (Å²) in [6.07, 6.45) is 5.93. The number of carbonyl (C=O) groups excluding carboxylic acids is 1. The van der Waals surface area contributed by atoms with Gasteiger partial charge in [0.1, 0.15) is 12.0 Å². The van der Waals surface area contributed by atoms with Crippen molar-refractivity contribution in [3.63, 3.8) is 0 Å². The molecule has 6 rings (SSSR count). The summed E-state index contributed by atoms with van der Waals surface area (Å²) < 4.78 is 16.8. The summed E-state index contributed by atoms with van der Waals surface area (Å²) in [5.41, 5.74) is 3.46. The zero-order valence-corrected chi connectivity index (χ0v) is 22.4. The van der Waals surface area contributed by atoms with E-state index in [1.54, 1.807) is 30.0 Å². The highest BCUT2D eigenvalue weighted by Gasteiger charge is 2.28. The van der Waals surface area contributed by atoms with Gasteiger partial charge >= 0.3 is 5.69 Å². The van der Waals surface area contributed by atoms with Crippen LogP contribution in [0.4, 0.5) is 10.2 Å². The molecule has 2 aliphatic rings. The Morgan fingerprint density at radius 1 is 1.05 bits per heavy atom. The van der Waals surface area contributed by atoms with Crippen molar-refractivity contribution >= 4 is 34.4 Å². The Bertz CT molecular complexity index is 1570. The Labute approximate surface area is 230 Å². The number of rotatable bonds is 6. The zero-order valence-electron chi connectivity index (χ0n) is 21.7. The lowest BCUT2D eigenvalue weighted by atomic mass is 9.85. The van der Waals surface area contributed by atoms with E-state index in [1.807, 2.05) is 45.9 Å². The number of benzene rings is 1. The number of aryl methyl sites for hydroxylation is 1. The Morgan fingerprint density at radius 2 is 1.79 bits per heavy atom. The molecule has 0 atom stereocenters. The molecule has 1 aromatic carbocycles. The molecule has 1 amide bonds. The molecular formula is C29H30ClFN6O2. The van der Waals surface area contributed by atoms with Crippen LogP contribution >= 0.6 is 11.6 Å². The van der Waals surface area contributed by atoms with Crippen molar-refractivity contribution in [1.29, 1.82) is 0 Å². The third-order valence-corrected chi connectivity index (χ3v) is 8.11. The van der Waals surface area contributed by atoms with Crippen molar-refractivity contribution in [2.24, 2.45) is 5.92 Å². The van der Waals surface area contributed by atoms with Crippen molar-refractivity contribution in [3.8, 4) is 5.69 Å². The Balaban J connectivity index is 1.16. The molecular weight excluding hydrogens is 519 g/mol. The molecule has 4 aromatic rings. The molecule has 8 nitrogen and oxygen atoms in total. The van der Waals surface area contributed by atoms with E-state index in [4.69, 9.17) is 11.6 Å². The molecule has 39 heavy (non-hydrogen) atoms. The lowest BCUT2D eigenvalue weighted by Crippen LogP contribution is -2.48. The lowest BCUT2D eigenvalue weighted by molar-refractivity contribution is 0.0919. The summed E-state index contributed by atoms with van der Waals surface area (Å²) >= 11 is 6.04. The van der Waals surface area contributed by atoms with Crippen LogP contribution in [-0.2, 0) is 6.54 Å². The van der Waals surface area contributed by atoms with Gasteiger partial charge in [0.25, 0.3) is 5.91 Å². The minimum absolute atomic E-state index is 0.0777. The summed E-state index contributed by atoms with van der Waals surface area (Å²) in [6, 6.07) is 13.2. The fourth-order valence-electron chi connectivity index (χ4n) is 5.69. The molecule has 0 unspecified atom stereocenters. The Morgan fingerprint density at radius 3 is 2.49 bits per heavy atom. The quantitative estimate of drug-likeness (QED) is 0.378. The van der Waals surface area contributed by atoms with E-state index in [2.05, 4.69) is 15.3 Å². The van der Waals surface area contributed by atoms with Gasteiger partial charge in [-0.3, -0.25) is 18.9 Å². The average Bonchev–Trinajstić information content (AvgIpc) is 3.20. The van der Waals surface area contributed by atoms with Gasteiger partial charge in [0.2, 0.25) is 0 Å². The summed E-state index contributed by atoms with van der Waals surface area (Å²) in [4.78, 5) is 37.0. The molecule has 0 radical (unpaired) electrons. The van der Waals surface area contributed by atoms with E-state index in [0.717, 1.165) is 42.5 Å². The molecule has 1 aliphatic heterocycles. The molecule has 1 aliphatic carbocycles. The number of imidazole rings is 1. The monoisotopic (exact) mass is 548 g/mol. The molecule has 1 N–H and O–H groups in total. The number of nitrogens with zero attached hydrogens (tertiary/aromatic N) is 5. The van der Waals surface area contributed by atoms with E-state index in [9.17, 15) is 14.0 Å². The van der Waals surface area contributed by atoms with Crippen LogP contribution in [0.1, 0.15) is 41.7 Å². The highest BCUT2D eigenvalue weighted by Crippen LogP contribution is 2.28. The van der Waals surface area contributed by atoms with Gasteiger partial charge in [0.15, 0.2) is 0 Å². The van der Waals surface area contributed by atoms with E-state index in [0.29, 0.717) is 47.5 Å². The first kappa shape index (κ1) is 25.6. The standard InChI is InChI=1S/C29H30ClFN6O2/c1-18-24(12-20(30)13-32-18)28(38)34-22-8-6-19(7-9-22)15-36-25-4-2-3-5-26(25)37(29(36)39)23-10-11-27(33-14-23)35-16-21(31)17-35/h2-5,10-14,19,21-22H,6-9,15-17H2,1H3,(H,34,38)/t19-,22-. The van der Waals surface area contributed by atoms with Crippen LogP contribution in [0.2, 0.25) is 5.02 Å². The number of halogens is 2. The van der Waals surface area contributed by atoms with Gasteiger partial charge in [-0.05, 0) is 68.9 Å². The minimum Gasteiger partial charge on any atom is -0.351 e. The normalized spacial score (nSPS) is 19.7. The molecule has 1 saturated carbocycles. The van der Waals surface area contributed by atoms with Crippen molar-refractivity contribution in [1.82, 2.24) is 24.4 Å². The summed E-state index contributed by atoms with van der Waals surface area (Å²) in [5.74, 6) is 0.892. The smallest absolute Gasteiger partial charge is 0.333 e. The van der Waals surface area contributed by atoms with Gasteiger partial charge in [0.05, 0.1) is 52.3 Å². The predicted molar refractivity (Wildman–Crippen MR) is 150 cm³/mol. The maximum Gasteiger partial charge on any atom is 0.333 e. The highest BCUT2D eigenvalue weighted by molar-refractivity contribution is 6.30. The molecule has 202 valence electrons. The minimum atomic E-state index is -0.803. The van der Waals surface area contributed by atoms with Gasteiger partial charge in [-0.15, -0.1) is 0 Å². The van der Waals surface area contributed by atoms with E-state index in [-0.39, 0.29) is 17.6 Å². The number of carbonyl (C=O) groups is 1. The Kier molecular flexibility index (Phi) is 6.85. The second-order valence-corrected chi connectivity index (χ2v) is 11.0. The highest BCUT2D eigenvalue weighted by atomic mass is 35.5. The van der Waals surface area contributed by atoms with Gasteiger partial charge in [-0.1, -0.05) is 23.7 Å². The first-order chi connectivity index (χ1) is 18.9. The molecule has 1 saturated heterocycles. The third kappa shape index (κ3) is 5.03. The molecule has 10 heteroatoms. The fraction of sp³-hybridized carbons (Fsp3) is 0.379. The number of fused-ring (bicyclic) bond motifs is 1. The van der Waals surface area contributed by atoms with Gasteiger partial charge in [0, 0.05) is 18.8 Å². The van der Waals surface area contributed by atoms with Crippen LogP contribution in [0.3, 0.4) is 0 Å². The molecule has 0 bridgehead atoms. The zero-order chi connectivity index (χ0) is 27.1. The number of pyridine rings is 2.